The summed E-state index contributed by atoms with van der Waals surface area (Å²) in [5.74, 6) is -0.849. The van der Waals surface area contributed by atoms with Gasteiger partial charge in [-0.1, -0.05) is 13.8 Å². The summed E-state index contributed by atoms with van der Waals surface area (Å²) in [4.78, 5) is 0. The second kappa shape index (κ2) is 5.69. The molecule has 3 fully saturated rings. The average Bonchev–Trinajstić information content (AvgIpc) is 2.83. The SMILES string of the molecule is CC(C)COC[C@H]1O[C@@H]2OC(C)(C)O[C@@H]2[C@H]2OC(C)(C)O[C@H]21. The highest BCUT2D eigenvalue weighted by atomic mass is 16.9. The minimum Gasteiger partial charge on any atom is -0.378 e. The molecule has 0 aromatic carbocycles. The molecule has 6 heteroatoms. The molecule has 0 bridgehead atoms. The lowest BCUT2D eigenvalue weighted by atomic mass is 9.99. The maximum absolute atomic E-state index is 6.06. The van der Waals surface area contributed by atoms with E-state index in [1.165, 1.54) is 0 Å². The molecule has 0 unspecified atom stereocenters. The van der Waals surface area contributed by atoms with Crippen molar-refractivity contribution in [2.24, 2.45) is 5.92 Å². The zero-order valence-corrected chi connectivity index (χ0v) is 14.3. The highest BCUT2D eigenvalue weighted by molar-refractivity contribution is 5.00. The highest BCUT2D eigenvalue weighted by Gasteiger charge is 2.60. The molecule has 0 saturated carbocycles. The summed E-state index contributed by atoms with van der Waals surface area (Å²) in [5, 5.41) is 0. The molecule has 3 aliphatic heterocycles. The number of rotatable bonds is 4. The Morgan fingerprint density at radius 1 is 0.864 bits per heavy atom. The molecule has 0 spiro atoms. The molecule has 0 aliphatic carbocycles. The third-order valence-corrected chi connectivity index (χ3v) is 3.98. The molecule has 3 saturated heterocycles. The summed E-state index contributed by atoms with van der Waals surface area (Å²) in [6.45, 7) is 13.0. The summed E-state index contributed by atoms with van der Waals surface area (Å²) in [6, 6.07) is 0. The molecular formula is C16H28O6. The van der Waals surface area contributed by atoms with Crippen molar-refractivity contribution in [3.63, 3.8) is 0 Å². The fourth-order valence-electron chi connectivity index (χ4n) is 3.25. The maximum atomic E-state index is 6.06. The maximum Gasteiger partial charge on any atom is 0.190 e. The van der Waals surface area contributed by atoms with Gasteiger partial charge in [-0.2, -0.15) is 0 Å². The number of fused-ring (bicyclic) bond motifs is 3. The Bertz CT molecular complexity index is 407. The van der Waals surface area contributed by atoms with Crippen molar-refractivity contribution >= 4 is 0 Å². The Balaban J connectivity index is 1.72. The normalized spacial score (nSPS) is 42.4. The number of hydrogen-bond donors (Lipinski definition) is 0. The Morgan fingerprint density at radius 3 is 2.14 bits per heavy atom. The van der Waals surface area contributed by atoms with Crippen LogP contribution in [0.25, 0.3) is 0 Å². The van der Waals surface area contributed by atoms with Crippen molar-refractivity contribution in [3.05, 3.63) is 0 Å². The van der Waals surface area contributed by atoms with Gasteiger partial charge in [0.2, 0.25) is 0 Å². The van der Waals surface area contributed by atoms with E-state index in [2.05, 4.69) is 13.8 Å². The van der Waals surface area contributed by atoms with Gasteiger partial charge in [-0.3, -0.25) is 0 Å². The van der Waals surface area contributed by atoms with Gasteiger partial charge in [-0.05, 0) is 33.6 Å². The lowest BCUT2D eigenvalue weighted by Gasteiger charge is -2.37. The Hall–Kier alpha value is -0.240. The van der Waals surface area contributed by atoms with Gasteiger partial charge in [0.15, 0.2) is 17.9 Å². The second-order valence-corrected chi connectivity index (χ2v) is 7.64. The van der Waals surface area contributed by atoms with Gasteiger partial charge in [0.25, 0.3) is 0 Å². The predicted octanol–water partition coefficient (Wildman–Crippen LogP) is 2.06. The van der Waals surface area contributed by atoms with Crippen LogP contribution in [-0.2, 0) is 28.4 Å². The van der Waals surface area contributed by atoms with E-state index >= 15 is 0 Å². The van der Waals surface area contributed by atoms with E-state index < -0.39 is 17.9 Å². The fraction of sp³-hybridized carbons (Fsp3) is 1.00. The molecule has 0 aromatic rings. The van der Waals surface area contributed by atoms with E-state index in [0.29, 0.717) is 19.1 Å². The summed E-state index contributed by atoms with van der Waals surface area (Å²) in [6.07, 6.45) is -1.35. The summed E-state index contributed by atoms with van der Waals surface area (Å²) in [5.41, 5.74) is 0. The van der Waals surface area contributed by atoms with Crippen LogP contribution >= 0.6 is 0 Å². The van der Waals surface area contributed by atoms with E-state index in [4.69, 9.17) is 28.4 Å². The quantitative estimate of drug-likeness (QED) is 0.791. The van der Waals surface area contributed by atoms with Gasteiger partial charge < -0.3 is 28.4 Å². The van der Waals surface area contributed by atoms with E-state index in [1.807, 2.05) is 27.7 Å². The monoisotopic (exact) mass is 316 g/mol. The largest absolute Gasteiger partial charge is 0.378 e. The third kappa shape index (κ3) is 3.32. The van der Waals surface area contributed by atoms with Crippen LogP contribution in [0.4, 0.5) is 0 Å². The van der Waals surface area contributed by atoms with E-state index in [9.17, 15) is 0 Å². The topological polar surface area (TPSA) is 55.4 Å². The van der Waals surface area contributed by atoms with E-state index in [-0.39, 0.29) is 24.4 Å². The first-order valence-corrected chi connectivity index (χ1v) is 8.11. The lowest BCUT2D eigenvalue weighted by molar-refractivity contribution is -0.243. The van der Waals surface area contributed by atoms with E-state index in [1.54, 1.807) is 0 Å². The summed E-state index contributed by atoms with van der Waals surface area (Å²) in [7, 11) is 0. The van der Waals surface area contributed by atoms with Gasteiger partial charge >= 0.3 is 0 Å². The smallest absolute Gasteiger partial charge is 0.190 e. The first kappa shape index (κ1) is 16.6. The Kier molecular flexibility index (Phi) is 4.29. The van der Waals surface area contributed by atoms with Crippen molar-refractivity contribution in [1.29, 1.82) is 0 Å². The molecule has 0 N–H and O–H groups in total. The molecule has 3 heterocycles. The van der Waals surface area contributed by atoms with Crippen LogP contribution in [0.1, 0.15) is 41.5 Å². The van der Waals surface area contributed by atoms with Crippen LogP contribution < -0.4 is 0 Å². The third-order valence-electron chi connectivity index (χ3n) is 3.98. The van der Waals surface area contributed by atoms with Gasteiger partial charge in [-0.25, -0.2) is 0 Å². The molecule has 22 heavy (non-hydrogen) atoms. The molecule has 0 amide bonds. The minimum absolute atomic E-state index is 0.205. The van der Waals surface area contributed by atoms with Crippen LogP contribution in [0.5, 0.6) is 0 Å². The zero-order chi connectivity index (χ0) is 16.1. The highest BCUT2D eigenvalue weighted by Crippen LogP contribution is 2.44. The van der Waals surface area contributed by atoms with Crippen LogP contribution in [0.15, 0.2) is 0 Å². The first-order chi connectivity index (χ1) is 10.2. The molecule has 3 aliphatic rings. The van der Waals surface area contributed by atoms with Gasteiger partial charge in [0.05, 0.1) is 6.61 Å². The van der Waals surface area contributed by atoms with Crippen LogP contribution in [-0.4, -0.2) is 55.5 Å². The molecule has 3 rings (SSSR count). The first-order valence-electron chi connectivity index (χ1n) is 8.11. The van der Waals surface area contributed by atoms with Crippen molar-refractivity contribution in [2.45, 2.75) is 83.8 Å². The molecule has 0 aromatic heterocycles. The van der Waals surface area contributed by atoms with Crippen molar-refractivity contribution in [3.8, 4) is 0 Å². The Morgan fingerprint density at radius 2 is 1.45 bits per heavy atom. The summed E-state index contributed by atoms with van der Waals surface area (Å²) < 4.78 is 35.7. The average molecular weight is 316 g/mol. The van der Waals surface area contributed by atoms with Gasteiger partial charge in [-0.15, -0.1) is 0 Å². The van der Waals surface area contributed by atoms with Crippen molar-refractivity contribution in [1.82, 2.24) is 0 Å². The predicted molar refractivity (Wildman–Crippen MR) is 78.2 cm³/mol. The second-order valence-electron chi connectivity index (χ2n) is 7.64. The molecule has 5 atom stereocenters. The van der Waals surface area contributed by atoms with E-state index in [0.717, 1.165) is 0 Å². The molecule has 128 valence electrons. The number of ether oxygens (including phenoxy) is 6. The summed E-state index contributed by atoms with van der Waals surface area (Å²) >= 11 is 0. The Labute approximate surface area is 132 Å². The van der Waals surface area contributed by atoms with Crippen molar-refractivity contribution in [2.75, 3.05) is 13.2 Å². The fourth-order valence-corrected chi connectivity index (χ4v) is 3.25. The van der Waals surface area contributed by atoms with Crippen LogP contribution in [0.2, 0.25) is 0 Å². The molecule has 0 radical (unpaired) electrons. The van der Waals surface area contributed by atoms with Gasteiger partial charge in [0, 0.05) is 6.61 Å². The lowest BCUT2D eigenvalue weighted by Crippen LogP contribution is -2.56. The van der Waals surface area contributed by atoms with Crippen LogP contribution in [0, 0.1) is 5.92 Å². The number of hydrogen-bond acceptors (Lipinski definition) is 6. The van der Waals surface area contributed by atoms with Crippen LogP contribution in [0.3, 0.4) is 0 Å². The van der Waals surface area contributed by atoms with Crippen molar-refractivity contribution < 1.29 is 28.4 Å². The van der Waals surface area contributed by atoms with Gasteiger partial charge in [0.1, 0.15) is 24.4 Å². The minimum atomic E-state index is -0.677. The molecule has 6 nitrogen and oxygen atoms in total. The molecular weight excluding hydrogens is 288 g/mol. The standard InChI is InChI=1S/C16H28O6/c1-9(2)7-17-8-10-11-12(20-15(3,4)19-11)13-14(18-10)22-16(5,6)21-13/h9-14H,7-8H2,1-6H3/t10-,11+,12+,13-,14-/m1/s1. The zero-order valence-electron chi connectivity index (χ0n) is 14.3.